The molecule has 0 bridgehead atoms. The van der Waals surface area contributed by atoms with Gasteiger partial charge in [0.1, 0.15) is 12.4 Å². The van der Waals surface area contributed by atoms with E-state index >= 15 is 0 Å². The van der Waals surface area contributed by atoms with Crippen molar-refractivity contribution in [2.24, 2.45) is 0 Å². The van der Waals surface area contributed by atoms with Crippen LogP contribution in [0.2, 0.25) is 10.0 Å². The van der Waals surface area contributed by atoms with Gasteiger partial charge in [0.05, 0.1) is 16.6 Å². The Morgan fingerprint density at radius 2 is 2.27 bits per heavy atom. The Morgan fingerprint density at radius 3 is 3.00 bits per heavy atom. The van der Waals surface area contributed by atoms with Crippen molar-refractivity contribution in [3.63, 3.8) is 0 Å². The molecule has 0 aliphatic carbocycles. The summed E-state index contributed by atoms with van der Waals surface area (Å²) in [7, 11) is 0. The molecule has 6 nitrogen and oxygen atoms in total. The lowest BCUT2D eigenvalue weighted by atomic mass is 10.1. The quantitative estimate of drug-likeness (QED) is 0.838. The predicted octanol–water partition coefficient (Wildman–Crippen LogP) is 2.51. The topological polar surface area (TPSA) is 79.9 Å². The number of nitrogens with one attached hydrogen (secondary N) is 2. The molecule has 9 heteroatoms. The largest absolute Gasteiger partial charge is 0.368 e. The summed E-state index contributed by atoms with van der Waals surface area (Å²) in [6, 6.07) is 2.13. The monoisotopic (exact) mass is 344 g/mol. The summed E-state index contributed by atoms with van der Waals surface area (Å²) in [6.07, 6.45) is 1.48. The van der Waals surface area contributed by atoms with Crippen LogP contribution < -0.4 is 5.32 Å². The number of ether oxygens (including phenoxy) is 1. The molecule has 1 aliphatic heterocycles. The van der Waals surface area contributed by atoms with Crippen LogP contribution in [0.1, 0.15) is 28.7 Å². The zero-order valence-corrected chi connectivity index (χ0v) is 12.7. The minimum Gasteiger partial charge on any atom is -0.368 e. The first-order chi connectivity index (χ1) is 10.6. The van der Waals surface area contributed by atoms with Crippen molar-refractivity contribution in [3.05, 3.63) is 45.7 Å². The van der Waals surface area contributed by atoms with Gasteiger partial charge in [-0.1, -0.05) is 23.2 Å². The van der Waals surface area contributed by atoms with Crippen LogP contribution >= 0.6 is 23.2 Å². The molecule has 1 fully saturated rings. The number of halogens is 3. The number of carbonyl (C=O) groups is 1. The molecule has 116 valence electrons. The summed E-state index contributed by atoms with van der Waals surface area (Å²) < 4.78 is 19.5. The van der Waals surface area contributed by atoms with Crippen molar-refractivity contribution >= 4 is 29.1 Å². The van der Waals surface area contributed by atoms with Crippen molar-refractivity contribution in [1.82, 2.24) is 20.5 Å². The van der Waals surface area contributed by atoms with Crippen LogP contribution in [-0.4, -0.2) is 33.7 Å². The molecule has 0 unspecified atom stereocenters. The van der Waals surface area contributed by atoms with Crippen LogP contribution in [0.25, 0.3) is 0 Å². The standard InChI is InChI=1S/C13H11Cl2FN4O2/c14-6-3-7(10(16)8(15)4-6)13(21)19-9-1-2-22-11(9)12-17-5-18-20-12/h3-5,9,11H,1-2H2,(H,19,21)(H,17,18,20)/t9-,11+/m0/s1. The lowest BCUT2D eigenvalue weighted by Gasteiger charge is -2.18. The minimum absolute atomic E-state index is 0.186. The molecule has 22 heavy (non-hydrogen) atoms. The Bertz CT molecular complexity index is 696. The maximum Gasteiger partial charge on any atom is 0.254 e. The normalized spacial score (nSPS) is 21.0. The van der Waals surface area contributed by atoms with E-state index in [-0.39, 0.29) is 21.7 Å². The SMILES string of the molecule is O=C(N[C@H]1CCO[C@H]1c1ncn[nH]1)c1cc(Cl)cc(Cl)c1F. The first kappa shape index (κ1) is 15.2. The molecular weight excluding hydrogens is 334 g/mol. The van der Waals surface area contributed by atoms with Crippen molar-refractivity contribution in [3.8, 4) is 0 Å². The highest BCUT2D eigenvalue weighted by atomic mass is 35.5. The Morgan fingerprint density at radius 1 is 1.45 bits per heavy atom. The fourth-order valence-corrected chi connectivity index (χ4v) is 2.82. The third-order valence-corrected chi connectivity index (χ3v) is 3.84. The van der Waals surface area contributed by atoms with E-state index in [0.717, 1.165) is 0 Å². The molecule has 2 heterocycles. The molecule has 0 saturated carbocycles. The lowest BCUT2D eigenvalue weighted by molar-refractivity contribution is 0.0789. The molecule has 0 spiro atoms. The van der Waals surface area contributed by atoms with Crippen LogP contribution in [0, 0.1) is 5.82 Å². The zero-order chi connectivity index (χ0) is 15.7. The number of amides is 1. The molecule has 1 amide bonds. The summed E-state index contributed by atoms with van der Waals surface area (Å²) in [6.45, 7) is 0.453. The van der Waals surface area contributed by atoms with Crippen molar-refractivity contribution in [2.45, 2.75) is 18.6 Å². The third-order valence-electron chi connectivity index (χ3n) is 3.35. The fourth-order valence-electron chi connectivity index (χ4n) is 2.33. The smallest absolute Gasteiger partial charge is 0.254 e. The second-order valence-electron chi connectivity index (χ2n) is 4.78. The van der Waals surface area contributed by atoms with E-state index < -0.39 is 17.8 Å². The van der Waals surface area contributed by atoms with Crippen LogP contribution in [0.4, 0.5) is 4.39 Å². The van der Waals surface area contributed by atoms with Gasteiger partial charge in [0.2, 0.25) is 0 Å². The highest BCUT2D eigenvalue weighted by molar-refractivity contribution is 6.35. The number of benzene rings is 1. The summed E-state index contributed by atoms with van der Waals surface area (Å²) in [5.74, 6) is -0.909. The van der Waals surface area contributed by atoms with E-state index in [0.29, 0.717) is 18.9 Å². The van der Waals surface area contributed by atoms with Crippen LogP contribution in [0.3, 0.4) is 0 Å². The predicted molar refractivity (Wildman–Crippen MR) is 77.4 cm³/mol. The Hall–Kier alpha value is -1.70. The molecule has 2 atom stereocenters. The molecule has 3 rings (SSSR count). The number of rotatable bonds is 3. The molecule has 1 aliphatic rings. The van der Waals surface area contributed by atoms with Gasteiger partial charge in [0.15, 0.2) is 11.6 Å². The third kappa shape index (κ3) is 2.92. The number of carbonyl (C=O) groups excluding carboxylic acids is 1. The molecule has 1 saturated heterocycles. The summed E-state index contributed by atoms with van der Waals surface area (Å²) >= 11 is 11.5. The van der Waals surface area contributed by atoms with Gasteiger partial charge >= 0.3 is 0 Å². The van der Waals surface area contributed by atoms with E-state index in [1.807, 2.05) is 0 Å². The Kier molecular flexibility index (Phi) is 4.28. The molecule has 1 aromatic carbocycles. The lowest BCUT2D eigenvalue weighted by Crippen LogP contribution is -2.37. The van der Waals surface area contributed by atoms with Gasteiger partial charge in [-0.2, -0.15) is 5.10 Å². The number of nitrogens with zero attached hydrogens (tertiary/aromatic N) is 2. The number of hydrogen-bond acceptors (Lipinski definition) is 4. The summed E-state index contributed by atoms with van der Waals surface area (Å²) in [5.41, 5.74) is -0.208. The van der Waals surface area contributed by atoms with Crippen molar-refractivity contribution in [2.75, 3.05) is 6.61 Å². The number of H-pyrrole nitrogens is 1. The van der Waals surface area contributed by atoms with Gasteiger partial charge in [-0.15, -0.1) is 0 Å². The molecule has 2 aromatic rings. The molecule has 2 N–H and O–H groups in total. The highest BCUT2D eigenvalue weighted by Crippen LogP contribution is 2.28. The van der Waals surface area contributed by atoms with Gasteiger partial charge < -0.3 is 10.1 Å². The maximum absolute atomic E-state index is 14.0. The van der Waals surface area contributed by atoms with Crippen molar-refractivity contribution < 1.29 is 13.9 Å². The number of aromatic nitrogens is 3. The van der Waals surface area contributed by atoms with Gasteiger partial charge in [0, 0.05) is 11.6 Å². The van der Waals surface area contributed by atoms with E-state index in [2.05, 4.69) is 20.5 Å². The molecule has 1 aromatic heterocycles. The molecular formula is C13H11Cl2FN4O2. The van der Waals surface area contributed by atoms with E-state index in [9.17, 15) is 9.18 Å². The first-order valence-electron chi connectivity index (χ1n) is 6.48. The van der Waals surface area contributed by atoms with Crippen LogP contribution in [0.15, 0.2) is 18.5 Å². The van der Waals surface area contributed by atoms with E-state index in [4.69, 9.17) is 27.9 Å². The maximum atomic E-state index is 14.0. The average Bonchev–Trinajstić information content (AvgIpc) is 3.13. The van der Waals surface area contributed by atoms with E-state index in [1.54, 1.807) is 0 Å². The van der Waals surface area contributed by atoms with Gasteiger partial charge in [-0.05, 0) is 18.6 Å². The first-order valence-corrected chi connectivity index (χ1v) is 7.24. The van der Waals surface area contributed by atoms with E-state index in [1.165, 1.54) is 18.5 Å². The number of hydrogen-bond donors (Lipinski definition) is 2. The summed E-state index contributed by atoms with van der Waals surface area (Å²) in [5, 5.41) is 9.15. The van der Waals surface area contributed by atoms with Crippen LogP contribution in [-0.2, 0) is 4.74 Å². The van der Waals surface area contributed by atoms with Gasteiger partial charge in [-0.3, -0.25) is 9.89 Å². The second-order valence-corrected chi connectivity index (χ2v) is 5.62. The second kappa shape index (κ2) is 6.20. The fraction of sp³-hybridized carbons (Fsp3) is 0.308. The Balaban J connectivity index is 1.79. The van der Waals surface area contributed by atoms with Gasteiger partial charge in [-0.25, -0.2) is 9.37 Å². The van der Waals surface area contributed by atoms with Gasteiger partial charge in [0.25, 0.3) is 5.91 Å². The Labute approximate surface area is 135 Å². The number of aromatic amines is 1. The minimum atomic E-state index is -0.807. The molecule has 0 radical (unpaired) electrons. The average molecular weight is 345 g/mol. The zero-order valence-electron chi connectivity index (χ0n) is 11.1. The van der Waals surface area contributed by atoms with Crippen molar-refractivity contribution in [1.29, 1.82) is 0 Å². The summed E-state index contributed by atoms with van der Waals surface area (Å²) in [4.78, 5) is 16.3. The highest BCUT2D eigenvalue weighted by Gasteiger charge is 2.33. The van der Waals surface area contributed by atoms with Crippen LogP contribution in [0.5, 0.6) is 0 Å².